The SMILES string of the molecule is COc1cc(NC(=O)N2CCc3sccc3C2)ncn1. The number of carbonyl (C=O) groups is 1. The minimum absolute atomic E-state index is 0.150. The van der Waals surface area contributed by atoms with E-state index in [9.17, 15) is 4.79 Å². The minimum Gasteiger partial charge on any atom is -0.481 e. The lowest BCUT2D eigenvalue weighted by Gasteiger charge is -2.26. The smallest absolute Gasteiger partial charge is 0.323 e. The van der Waals surface area contributed by atoms with Gasteiger partial charge < -0.3 is 9.64 Å². The summed E-state index contributed by atoms with van der Waals surface area (Å²) in [7, 11) is 1.52. The third-order valence-corrected chi connectivity index (χ3v) is 4.20. The van der Waals surface area contributed by atoms with Crippen molar-refractivity contribution >= 4 is 23.2 Å². The number of fused-ring (bicyclic) bond motifs is 1. The molecule has 0 aliphatic carbocycles. The van der Waals surface area contributed by atoms with Crippen LogP contribution in [0.25, 0.3) is 0 Å². The molecule has 0 fully saturated rings. The lowest BCUT2D eigenvalue weighted by atomic mass is 10.1. The zero-order valence-corrected chi connectivity index (χ0v) is 11.8. The summed E-state index contributed by atoms with van der Waals surface area (Å²) >= 11 is 1.75. The number of thiophene rings is 1. The van der Waals surface area contributed by atoms with E-state index >= 15 is 0 Å². The molecule has 7 heteroatoms. The van der Waals surface area contributed by atoms with Gasteiger partial charge in [-0.1, -0.05) is 0 Å². The summed E-state index contributed by atoms with van der Waals surface area (Å²) in [5.41, 5.74) is 1.23. The van der Waals surface area contributed by atoms with E-state index < -0.39 is 0 Å². The molecule has 0 unspecified atom stereocenters. The molecule has 104 valence electrons. The maximum Gasteiger partial charge on any atom is 0.323 e. The zero-order chi connectivity index (χ0) is 13.9. The number of hydrogen-bond acceptors (Lipinski definition) is 5. The van der Waals surface area contributed by atoms with Crippen LogP contribution in [0.2, 0.25) is 0 Å². The highest BCUT2D eigenvalue weighted by atomic mass is 32.1. The van der Waals surface area contributed by atoms with Crippen molar-refractivity contribution in [1.82, 2.24) is 14.9 Å². The average molecular weight is 290 g/mol. The molecule has 0 atom stereocenters. The second-order valence-corrected chi connectivity index (χ2v) is 5.42. The van der Waals surface area contributed by atoms with Crippen LogP contribution in [0.1, 0.15) is 10.4 Å². The number of rotatable bonds is 2. The van der Waals surface area contributed by atoms with Gasteiger partial charge in [0, 0.05) is 24.0 Å². The van der Waals surface area contributed by atoms with Gasteiger partial charge in [-0.3, -0.25) is 5.32 Å². The van der Waals surface area contributed by atoms with E-state index in [1.165, 1.54) is 23.9 Å². The molecule has 0 saturated carbocycles. The molecule has 1 aliphatic rings. The number of amides is 2. The molecule has 0 aromatic carbocycles. The van der Waals surface area contributed by atoms with Gasteiger partial charge in [-0.05, 0) is 23.4 Å². The van der Waals surface area contributed by atoms with Crippen LogP contribution in [0, 0.1) is 0 Å². The maximum absolute atomic E-state index is 12.2. The standard InChI is InChI=1S/C13H14N4O2S/c1-19-12-6-11(14-8-15-12)16-13(18)17-4-2-10-9(7-17)3-5-20-10/h3,5-6,8H,2,4,7H2,1H3,(H,14,15,16,18). The second-order valence-electron chi connectivity index (χ2n) is 4.42. The third-order valence-electron chi connectivity index (χ3n) is 3.18. The fourth-order valence-electron chi connectivity index (χ4n) is 2.13. The fourth-order valence-corrected chi connectivity index (χ4v) is 3.02. The van der Waals surface area contributed by atoms with E-state index in [2.05, 4.69) is 26.7 Å². The first-order valence-electron chi connectivity index (χ1n) is 6.23. The largest absolute Gasteiger partial charge is 0.481 e. The molecule has 1 aliphatic heterocycles. The van der Waals surface area contributed by atoms with Gasteiger partial charge in [0.05, 0.1) is 7.11 Å². The number of methoxy groups -OCH3 is 1. The molecule has 2 amide bonds. The second kappa shape index (κ2) is 5.46. The number of anilines is 1. The molecule has 0 spiro atoms. The van der Waals surface area contributed by atoms with Gasteiger partial charge in [-0.2, -0.15) is 0 Å². The Kier molecular flexibility index (Phi) is 3.51. The highest BCUT2D eigenvalue weighted by Gasteiger charge is 2.21. The first-order chi connectivity index (χ1) is 9.76. The molecule has 3 heterocycles. The Bertz CT molecular complexity index is 628. The van der Waals surface area contributed by atoms with Crippen LogP contribution >= 0.6 is 11.3 Å². The highest BCUT2D eigenvalue weighted by molar-refractivity contribution is 7.10. The molecular formula is C13H14N4O2S. The van der Waals surface area contributed by atoms with Crippen molar-refractivity contribution in [2.45, 2.75) is 13.0 Å². The van der Waals surface area contributed by atoms with E-state index in [0.717, 1.165) is 13.0 Å². The monoisotopic (exact) mass is 290 g/mol. The Labute approximate surface area is 120 Å². The number of aromatic nitrogens is 2. The molecule has 1 N–H and O–H groups in total. The van der Waals surface area contributed by atoms with Gasteiger partial charge in [-0.25, -0.2) is 14.8 Å². The lowest BCUT2D eigenvalue weighted by molar-refractivity contribution is 0.206. The quantitative estimate of drug-likeness (QED) is 0.920. The van der Waals surface area contributed by atoms with Crippen molar-refractivity contribution in [1.29, 1.82) is 0 Å². The van der Waals surface area contributed by atoms with E-state index in [1.54, 1.807) is 22.3 Å². The predicted octanol–water partition coefficient (Wildman–Crippen LogP) is 2.14. The summed E-state index contributed by atoms with van der Waals surface area (Å²) in [5, 5.41) is 4.84. The van der Waals surface area contributed by atoms with Crippen molar-refractivity contribution in [3.63, 3.8) is 0 Å². The van der Waals surface area contributed by atoms with E-state index in [4.69, 9.17) is 4.74 Å². The summed E-state index contributed by atoms with van der Waals surface area (Å²) in [6.45, 7) is 1.37. The molecule has 0 saturated heterocycles. The minimum atomic E-state index is -0.150. The summed E-state index contributed by atoms with van der Waals surface area (Å²) in [6.07, 6.45) is 2.27. The van der Waals surface area contributed by atoms with Gasteiger partial charge in [0.1, 0.15) is 12.1 Å². The first kappa shape index (κ1) is 12.9. The van der Waals surface area contributed by atoms with E-state index in [1.807, 2.05) is 0 Å². The van der Waals surface area contributed by atoms with E-state index in [0.29, 0.717) is 18.2 Å². The van der Waals surface area contributed by atoms with Gasteiger partial charge in [0.2, 0.25) is 5.88 Å². The normalized spacial score (nSPS) is 13.8. The van der Waals surface area contributed by atoms with Gasteiger partial charge in [0.25, 0.3) is 0 Å². The number of nitrogens with zero attached hydrogens (tertiary/aromatic N) is 3. The number of hydrogen-bond donors (Lipinski definition) is 1. The Morgan fingerprint density at radius 3 is 3.25 bits per heavy atom. The Morgan fingerprint density at radius 1 is 1.50 bits per heavy atom. The summed E-state index contributed by atoms with van der Waals surface area (Å²) in [5.74, 6) is 0.868. The lowest BCUT2D eigenvalue weighted by Crippen LogP contribution is -2.38. The average Bonchev–Trinajstić information content (AvgIpc) is 2.94. The topological polar surface area (TPSA) is 67.3 Å². The highest BCUT2D eigenvalue weighted by Crippen LogP contribution is 2.24. The molecular weight excluding hydrogens is 276 g/mol. The third kappa shape index (κ3) is 2.57. The molecule has 0 bridgehead atoms. The first-order valence-corrected chi connectivity index (χ1v) is 7.11. The summed E-state index contributed by atoms with van der Waals surface area (Å²) in [6, 6.07) is 3.52. The summed E-state index contributed by atoms with van der Waals surface area (Å²) in [4.78, 5) is 23.3. The van der Waals surface area contributed by atoms with Crippen LogP contribution in [0.15, 0.2) is 23.8 Å². The Hall–Kier alpha value is -2.15. The zero-order valence-electron chi connectivity index (χ0n) is 11.0. The molecule has 6 nitrogen and oxygen atoms in total. The van der Waals surface area contributed by atoms with Gasteiger partial charge >= 0.3 is 6.03 Å². The van der Waals surface area contributed by atoms with Crippen LogP contribution in [-0.4, -0.2) is 34.6 Å². The van der Waals surface area contributed by atoms with Crippen molar-refractivity contribution in [2.75, 3.05) is 19.0 Å². The molecule has 0 radical (unpaired) electrons. The Morgan fingerprint density at radius 2 is 2.40 bits per heavy atom. The van der Waals surface area contributed by atoms with Crippen LogP contribution in [0.5, 0.6) is 5.88 Å². The number of nitrogens with one attached hydrogen (secondary N) is 1. The van der Waals surface area contributed by atoms with Crippen LogP contribution in [0.4, 0.5) is 10.6 Å². The van der Waals surface area contributed by atoms with Crippen molar-refractivity contribution in [3.8, 4) is 5.88 Å². The number of ether oxygens (including phenoxy) is 1. The number of carbonyl (C=O) groups excluding carboxylic acids is 1. The van der Waals surface area contributed by atoms with Gasteiger partial charge in [-0.15, -0.1) is 11.3 Å². The molecule has 20 heavy (non-hydrogen) atoms. The van der Waals surface area contributed by atoms with Crippen molar-refractivity contribution < 1.29 is 9.53 Å². The van der Waals surface area contributed by atoms with Crippen molar-refractivity contribution in [2.24, 2.45) is 0 Å². The van der Waals surface area contributed by atoms with Gasteiger partial charge in [0.15, 0.2) is 0 Å². The van der Waals surface area contributed by atoms with Crippen LogP contribution in [0.3, 0.4) is 0 Å². The predicted molar refractivity (Wildman–Crippen MR) is 76.0 cm³/mol. The fraction of sp³-hybridized carbons (Fsp3) is 0.308. The van der Waals surface area contributed by atoms with Crippen LogP contribution in [-0.2, 0) is 13.0 Å². The maximum atomic E-state index is 12.2. The van der Waals surface area contributed by atoms with Crippen LogP contribution < -0.4 is 10.1 Å². The molecule has 3 rings (SSSR count). The Balaban J connectivity index is 1.68. The number of urea groups is 1. The summed E-state index contributed by atoms with van der Waals surface area (Å²) < 4.78 is 5.00. The van der Waals surface area contributed by atoms with E-state index in [-0.39, 0.29) is 6.03 Å². The molecule has 2 aromatic heterocycles. The van der Waals surface area contributed by atoms with Crippen molar-refractivity contribution in [3.05, 3.63) is 34.3 Å². The molecule has 2 aromatic rings.